The molecule has 0 aromatic carbocycles. The third-order valence-corrected chi connectivity index (χ3v) is 3.67. The maximum atomic E-state index is 12.1. The van der Waals surface area contributed by atoms with Crippen LogP contribution in [0.1, 0.15) is 46.0 Å². The van der Waals surface area contributed by atoms with Crippen LogP contribution in [0.15, 0.2) is 0 Å². The predicted octanol–water partition coefficient (Wildman–Crippen LogP) is 1.45. The number of ether oxygens (including phenoxy) is 1. The zero-order chi connectivity index (χ0) is 14.4. The number of Topliss-reactive ketones (excluding diaryl/α,β-unsaturated/α-hetero) is 1. The van der Waals surface area contributed by atoms with Gasteiger partial charge in [-0.15, -0.1) is 0 Å². The van der Waals surface area contributed by atoms with Gasteiger partial charge in [0.05, 0.1) is 7.11 Å². The number of amides is 1. The Morgan fingerprint density at radius 1 is 1.42 bits per heavy atom. The molecule has 1 saturated carbocycles. The average molecular weight is 269 g/mol. The van der Waals surface area contributed by atoms with Crippen molar-refractivity contribution in [2.45, 2.75) is 52.0 Å². The molecule has 1 N–H and O–H groups in total. The lowest BCUT2D eigenvalue weighted by molar-refractivity contribution is -0.146. The van der Waals surface area contributed by atoms with Crippen molar-refractivity contribution in [1.82, 2.24) is 5.32 Å². The zero-order valence-corrected chi connectivity index (χ0v) is 11.9. The summed E-state index contributed by atoms with van der Waals surface area (Å²) in [5.74, 6) is -0.752. The molecular formula is C14H23NO4. The van der Waals surface area contributed by atoms with Gasteiger partial charge >= 0.3 is 5.97 Å². The molecule has 0 unspecified atom stereocenters. The minimum Gasteiger partial charge on any atom is -0.467 e. The lowest BCUT2D eigenvalue weighted by atomic mass is 9.96. The van der Waals surface area contributed by atoms with E-state index >= 15 is 0 Å². The van der Waals surface area contributed by atoms with E-state index in [2.05, 4.69) is 5.32 Å². The Morgan fingerprint density at radius 3 is 2.58 bits per heavy atom. The van der Waals surface area contributed by atoms with E-state index in [0.29, 0.717) is 12.8 Å². The standard InChI is InChI=1S/C14H23NO4/c1-4-5-6-12(14(18)19-3)15-13(17)11-8-10(16)7-9(11)2/h9,11-12H,4-8H2,1-3H3,(H,15,17)/t9-,11-,12+/m1/s1. The summed E-state index contributed by atoms with van der Waals surface area (Å²) in [6, 6.07) is -0.597. The fraction of sp³-hybridized carbons (Fsp3) is 0.786. The van der Waals surface area contributed by atoms with Crippen LogP contribution in [0.2, 0.25) is 0 Å². The van der Waals surface area contributed by atoms with E-state index in [9.17, 15) is 14.4 Å². The molecule has 5 nitrogen and oxygen atoms in total. The number of ketones is 1. The van der Waals surface area contributed by atoms with Crippen LogP contribution in [0, 0.1) is 11.8 Å². The summed E-state index contributed by atoms with van der Waals surface area (Å²) in [6.45, 7) is 3.92. The van der Waals surface area contributed by atoms with Crippen molar-refractivity contribution in [3.63, 3.8) is 0 Å². The first kappa shape index (κ1) is 15.7. The third-order valence-electron chi connectivity index (χ3n) is 3.67. The number of rotatable bonds is 6. The number of carbonyl (C=O) groups excluding carboxylic acids is 3. The number of hydrogen-bond acceptors (Lipinski definition) is 4. The molecule has 0 heterocycles. The molecule has 1 aliphatic carbocycles. The fourth-order valence-corrected chi connectivity index (χ4v) is 2.46. The number of esters is 1. The van der Waals surface area contributed by atoms with E-state index in [4.69, 9.17) is 4.74 Å². The second-order valence-corrected chi connectivity index (χ2v) is 5.26. The Labute approximate surface area is 114 Å². The van der Waals surface area contributed by atoms with Crippen LogP contribution >= 0.6 is 0 Å². The highest BCUT2D eigenvalue weighted by atomic mass is 16.5. The fourth-order valence-electron chi connectivity index (χ4n) is 2.46. The minimum absolute atomic E-state index is 0.0528. The third kappa shape index (κ3) is 4.33. The highest BCUT2D eigenvalue weighted by Crippen LogP contribution is 2.28. The Morgan fingerprint density at radius 2 is 2.11 bits per heavy atom. The van der Waals surface area contributed by atoms with Crippen LogP contribution in [-0.2, 0) is 19.1 Å². The smallest absolute Gasteiger partial charge is 0.328 e. The van der Waals surface area contributed by atoms with Gasteiger partial charge in [0.2, 0.25) is 5.91 Å². The number of unbranched alkanes of at least 4 members (excludes halogenated alkanes) is 1. The molecule has 5 heteroatoms. The van der Waals surface area contributed by atoms with E-state index in [1.165, 1.54) is 7.11 Å². The van der Waals surface area contributed by atoms with E-state index in [-0.39, 0.29) is 29.9 Å². The monoisotopic (exact) mass is 269 g/mol. The van der Waals surface area contributed by atoms with Gasteiger partial charge in [0.15, 0.2) is 0 Å². The summed E-state index contributed by atoms with van der Waals surface area (Å²) in [5, 5.41) is 2.73. The van der Waals surface area contributed by atoms with Crippen LogP contribution in [0.3, 0.4) is 0 Å². The second-order valence-electron chi connectivity index (χ2n) is 5.26. The molecule has 0 aromatic rings. The summed E-state index contributed by atoms with van der Waals surface area (Å²) in [6.07, 6.45) is 3.11. The predicted molar refractivity (Wildman–Crippen MR) is 70.4 cm³/mol. The molecule has 1 aliphatic rings. The molecule has 0 aromatic heterocycles. The number of methoxy groups -OCH3 is 1. The Bertz CT molecular complexity index is 353. The van der Waals surface area contributed by atoms with Crippen molar-refractivity contribution in [1.29, 1.82) is 0 Å². The minimum atomic E-state index is -0.597. The summed E-state index contributed by atoms with van der Waals surface area (Å²) in [7, 11) is 1.31. The second kappa shape index (κ2) is 7.26. The largest absolute Gasteiger partial charge is 0.467 e. The zero-order valence-electron chi connectivity index (χ0n) is 11.9. The molecule has 0 saturated heterocycles. The molecule has 1 amide bonds. The van der Waals surface area contributed by atoms with Gasteiger partial charge in [-0.1, -0.05) is 26.7 Å². The van der Waals surface area contributed by atoms with E-state index < -0.39 is 12.0 Å². The number of hydrogen-bond donors (Lipinski definition) is 1. The average Bonchev–Trinajstić information content (AvgIpc) is 2.72. The Hall–Kier alpha value is -1.39. The summed E-state index contributed by atoms with van der Waals surface area (Å²) in [5.41, 5.74) is 0. The van der Waals surface area contributed by atoms with Crippen molar-refractivity contribution in [2.75, 3.05) is 7.11 Å². The van der Waals surface area contributed by atoms with Crippen molar-refractivity contribution in [3.05, 3.63) is 0 Å². The molecule has 1 fully saturated rings. The van der Waals surface area contributed by atoms with Gasteiger partial charge in [-0.05, 0) is 12.3 Å². The van der Waals surface area contributed by atoms with Gasteiger partial charge in [0.25, 0.3) is 0 Å². The molecule has 1 rings (SSSR count). The lowest BCUT2D eigenvalue weighted by Gasteiger charge is -2.20. The summed E-state index contributed by atoms with van der Waals surface area (Å²) >= 11 is 0. The van der Waals surface area contributed by atoms with E-state index in [0.717, 1.165) is 12.8 Å². The van der Waals surface area contributed by atoms with E-state index in [1.54, 1.807) is 0 Å². The molecule has 3 atom stereocenters. The SMILES string of the molecule is CCCC[C@H](NC(=O)[C@@H]1CC(=O)C[C@H]1C)C(=O)OC. The van der Waals surface area contributed by atoms with Crippen LogP contribution in [0.25, 0.3) is 0 Å². The van der Waals surface area contributed by atoms with Crippen molar-refractivity contribution < 1.29 is 19.1 Å². The van der Waals surface area contributed by atoms with Crippen molar-refractivity contribution >= 4 is 17.7 Å². The van der Waals surface area contributed by atoms with Gasteiger partial charge in [-0.2, -0.15) is 0 Å². The first-order valence-corrected chi connectivity index (χ1v) is 6.89. The normalized spacial score (nSPS) is 24.1. The number of carbonyl (C=O) groups is 3. The molecule has 0 spiro atoms. The van der Waals surface area contributed by atoms with Gasteiger partial charge in [0.1, 0.15) is 11.8 Å². The Balaban J connectivity index is 2.60. The lowest BCUT2D eigenvalue weighted by Crippen LogP contribution is -2.44. The summed E-state index contributed by atoms with van der Waals surface area (Å²) < 4.78 is 4.70. The van der Waals surface area contributed by atoms with Crippen molar-refractivity contribution in [3.8, 4) is 0 Å². The van der Waals surface area contributed by atoms with Crippen LogP contribution in [0.4, 0.5) is 0 Å². The highest BCUT2D eigenvalue weighted by Gasteiger charge is 2.36. The van der Waals surface area contributed by atoms with Crippen LogP contribution in [0.5, 0.6) is 0 Å². The van der Waals surface area contributed by atoms with Gasteiger partial charge < -0.3 is 10.1 Å². The first-order valence-electron chi connectivity index (χ1n) is 6.89. The molecule has 0 radical (unpaired) electrons. The molecule has 0 aliphatic heterocycles. The molecule has 19 heavy (non-hydrogen) atoms. The summed E-state index contributed by atoms with van der Waals surface area (Å²) in [4.78, 5) is 35.1. The van der Waals surface area contributed by atoms with Crippen LogP contribution < -0.4 is 5.32 Å². The molecular weight excluding hydrogens is 246 g/mol. The topological polar surface area (TPSA) is 72.5 Å². The number of nitrogens with one attached hydrogen (secondary N) is 1. The highest BCUT2D eigenvalue weighted by molar-refractivity contribution is 5.92. The van der Waals surface area contributed by atoms with E-state index in [1.807, 2.05) is 13.8 Å². The van der Waals surface area contributed by atoms with Crippen molar-refractivity contribution in [2.24, 2.45) is 11.8 Å². The maximum Gasteiger partial charge on any atom is 0.328 e. The molecule has 0 bridgehead atoms. The Kier molecular flexibility index (Phi) is 5.99. The van der Waals surface area contributed by atoms with Gasteiger partial charge in [-0.25, -0.2) is 4.79 Å². The molecule has 108 valence electrons. The quantitative estimate of drug-likeness (QED) is 0.741. The maximum absolute atomic E-state index is 12.1. The first-order chi connectivity index (χ1) is 8.99. The van der Waals surface area contributed by atoms with Crippen LogP contribution in [-0.4, -0.2) is 30.8 Å². The van der Waals surface area contributed by atoms with Gasteiger partial charge in [-0.3, -0.25) is 9.59 Å². The van der Waals surface area contributed by atoms with Gasteiger partial charge in [0, 0.05) is 18.8 Å².